The first-order valence-electron chi connectivity index (χ1n) is 6.49. The molecule has 2 aromatic rings. The minimum Gasteiger partial charge on any atom is -0.491 e. The second-order valence-corrected chi connectivity index (χ2v) is 5.22. The fourth-order valence-electron chi connectivity index (χ4n) is 2.27. The van der Waals surface area contributed by atoms with Crippen LogP contribution in [0.5, 0.6) is 5.75 Å². The van der Waals surface area contributed by atoms with Crippen LogP contribution in [0.25, 0.3) is 0 Å². The summed E-state index contributed by atoms with van der Waals surface area (Å²) in [7, 11) is 1.84. The molecule has 1 aliphatic heterocycles. The van der Waals surface area contributed by atoms with Gasteiger partial charge in [-0.05, 0) is 34.5 Å². The SMILES string of the molecule is CNc1ncnc(N2CCCOc3ccccc32)c1Br. The van der Waals surface area contributed by atoms with Crippen molar-refractivity contribution in [1.82, 2.24) is 9.97 Å². The summed E-state index contributed by atoms with van der Waals surface area (Å²) in [4.78, 5) is 10.8. The van der Waals surface area contributed by atoms with Gasteiger partial charge >= 0.3 is 0 Å². The lowest BCUT2D eigenvalue weighted by molar-refractivity contribution is 0.322. The molecule has 20 heavy (non-hydrogen) atoms. The van der Waals surface area contributed by atoms with Crippen molar-refractivity contribution in [2.45, 2.75) is 6.42 Å². The Balaban J connectivity index is 2.10. The van der Waals surface area contributed by atoms with E-state index in [2.05, 4.69) is 36.1 Å². The lowest BCUT2D eigenvalue weighted by Gasteiger charge is -2.24. The van der Waals surface area contributed by atoms with Gasteiger partial charge in [0.1, 0.15) is 22.4 Å². The molecule has 5 nitrogen and oxygen atoms in total. The van der Waals surface area contributed by atoms with Crippen molar-refractivity contribution in [3.8, 4) is 5.75 Å². The van der Waals surface area contributed by atoms with Crippen molar-refractivity contribution in [2.24, 2.45) is 0 Å². The van der Waals surface area contributed by atoms with Gasteiger partial charge in [-0.1, -0.05) is 12.1 Å². The minimum atomic E-state index is 0.717. The van der Waals surface area contributed by atoms with E-state index < -0.39 is 0 Å². The number of benzene rings is 1. The zero-order valence-corrected chi connectivity index (χ0v) is 12.7. The Labute approximate surface area is 126 Å². The Kier molecular flexibility index (Phi) is 3.73. The number of nitrogens with one attached hydrogen (secondary N) is 1. The summed E-state index contributed by atoms with van der Waals surface area (Å²) in [5.41, 5.74) is 1.03. The second kappa shape index (κ2) is 5.66. The summed E-state index contributed by atoms with van der Waals surface area (Å²) < 4.78 is 6.64. The highest BCUT2D eigenvalue weighted by Crippen LogP contribution is 2.39. The van der Waals surface area contributed by atoms with Gasteiger partial charge in [0.05, 0.1) is 12.3 Å². The summed E-state index contributed by atoms with van der Waals surface area (Å²) in [5.74, 6) is 2.52. The molecule has 0 atom stereocenters. The van der Waals surface area contributed by atoms with E-state index >= 15 is 0 Å². The number of halogens is 1. The fourth-order valence-corrected chi connectivity index (χ4v) is 2.89. The van der Waals surface area contributed by atoms with Gasteiger partial charge in [0.2, 0.25) is 0 Å². The highest BCUT2D eigenvalue weighted by molar-refractivity contribution is 9.10. The van der Waals surface area contributed by atoms with Crippen LogP contribution in [-0.4, -0.2) is 30.2 Å². The first-order valence-corrected chi connectivity index (χ1v) is 7.28. The van der Waals surface area contributed by atoms with Gasteiger partial charge in [0.15, 0.2) is 5.82 Å². The third kappa shape index (κ3) is 2.31. The number of aromatic nitrogens is 2. The molecule has 2 heterocycles. The van der Waals surface area contributed by atoms with Crippen molar-refractivity contribution in [2.75, 3.05) is 30.4 Å². The normalized spacial score (nSPS) is 14.2. The molecule has 0 saturated heterocycles. The first kappa shape index (κ1) is 13.2. The molecule has 0 unspecified atom stereocenters. The van der Waals surface area contributed by atoms with E-state index in [1.54, 1.807) is 6.33 Å². The van der Waals surface area contributed by atoms with E-state index in [9.17, 15) is 0 Å². The summed E-state index contributed by atoms with van der Waals surface area (Å²) in [6.45, 7) is 1.57. The molecule has 1 N–H and O–H groups in total. The van der Waals surface area contributed by atoms with Crippen LogP contribution in [0.3, 0.4) is 0 Å². The van der Waals surface area contributed by atoms with E-state index in [1.807, 2.05) is 31.3 Å². The number of anilines is 3. The van der Waals surface area contributed by atoms with Crippen LogP contribution in [0, 0.1) is 0 Å². The minimum absolute atomic E-state index is 0.717. The Morgan fingerprint density at radius 2 is 2.15 bits per heavy atom. The smallest absolute Gasteiger partial charge is 0.153 e. The largest absolute Gasteiger partial charge is 0.491 e. The molecule has 0 saturated carbocycles. The number of nitrogens with zero attached hydrogens (tertiary/aromatic N) is 3. The topological polar surface area (TPSA) is 50.3 Å². The summed E-state index contributed by atoms with van der Waals surface area (Å²) in [6.07, 6.45) is 2.51. The molecule has 0 aliphatic carbocycles. The monoisotopic (exact) mass is 334 g/mol. The second-order valence-electron chi connectivity index (χ2n) is 4.43. The Morgan fingerprint density at radius 1 is 1.30 bits per heavy atom. The van der Waals surface area contributed by atoms with E-state index in [0.29, 0.717) is 0 Å². The van der Waals surface area contributed by atoms with Crippen LogP contribution in [0.1, 0.15) is 6.42 Å². The van der Waals surface area contributed by atoms with Gasteiger partial charge in [-0.25, -0.2) is 9.97 Å². The van der Waals surface area contributed by atoms with Crippen LogP contribution in [0.2, 0.25) is 0 Å². The van der Waals surface area contributed by atoms with Gasteiger partial charge < -0.3 is 15.0 Å². The highest BCUT2D eigenvalue weighted by Gasteiger charge is 2.21. The third-order valence-electron chi connectivity index (χ3n) is 3.20. The van der Waals surface area contributed by atoms with Gasteiger partial charge in [-0.2, -0.15) is 0 Å². The molecule has 3 rings (SSSR count). The van der Waals surface area contributed by atoms with Crippen LogP contribution < -0.4 is 15.0 Å². The van der Waals surface area contributed by atoms with Gasteiger partial charge in [-0.15, -0.1) is 0 Å². The van der Waals surface area contributed by atoms with Crippen LogP contribution in [-0.2, 0) is 0 Å². The maximum Gasteiger partial charge on any atom is 0.153 e. The first-order chi connectivity index (χ1) is 9.81. The van der Waals surface area contributed by atoms with Crippen LogP contribution >= 0.6 is 15.9 Å². The summed E-state index contributed by atoms with van der Waals surface area (Å²) in [5, 5.41) is 3.06. The molecule has 0 fully saturated rings. The van der Waals surface area contributed by atoms with E-state index in [0.717, 1.165) is 47.1 Å². The molecule has 104 valence electrons. The number of hydrogen-bond donors (Lipinski definition) is 1. The molecule has 0 radical (unpaired) electrons. The molecule has 1 aromatic carbocycles. The number of ether oxygens (including phenoxy) is 1. The number of hydrogen-bond acceptors (Lipinski definition) is 5. The fraction of sp³-hybridized carbons (Fsp3) is 0.286. The Bertz CT molecular complexity index is 620. The van der Waals surface area contributed by atoms with E-state index in [1.165, 1.54) is 0 Å². The number of fused-ring (bicyclic) bond motifs is 1. The van der Waals surface area contributed by atoms with E-state index in [-0.39, 0.29) is 0 Å². The lowest BCUT2D eigenvalue weighted by Crippen LogP contribution is -2.20. The van der Waals surface area contributed by atoms with Crippen molar-refractivity contribution < 1.29 is 4.74 Å². The lowest BCUT2D eigenvalue weighted by atomic mass is 10.2. The zero-order chi connectivity index (χ0) is 13.9. The molecule has 1 aromatic heterocycles. The van der Waals surface area contributed by atoms with Crippen molar-refractivity contribution in [1.29, 1.82) is 0 Å². The number of rotatable bonds is 2. The van der Waals surface area contributed by atoms with Crippen LogP contribution in [0.4, 0.5) is 17.3 Å². The molecular formula is C14H15BrN4O. The molecule has 0 amide bonds. The molecule has 1 aliphatic rings. The average molecular weight is 335 g/mol. The summed E-state index contributed by atoms with van der Waals surface area (Å²) in [6, 6.07) is 8.03. The van der Waals surface area contributed by atoms with Crippen molar-refractivity contribution >= 4 is 33.3 Å². The Morgan fingerprint density at radius 3 is 3.00 bits per heavy atom. The van der Waals surface area contributed by atoms with Gasteiger partial charge in [0.25, 0.3) is 0 Å². The van der Waals surface area contributed by atoms with Gasteiger partial charge in [0, 0.05) is 13.6 Å². The van der Waals surface area contributed by atoms with E-state index in [4.69, 9.17) is 4.74 Å². The maximum atomic E-state index is 5.78. The third-order valence-corrected chi connectivity index (χ3v) is 3.93. The molecule has 6 heteroatoms. The highest BCUT2D eigenvalue weighted by atomic mass is 79.9. The maximum absolute atomic E-state index is 5.78. The molecule has 0 bridgehead atoms. The zero-order valence-electron chi connectivity index (χ0n) is 11.1. The van der Waals surface area contributed by atoms with Crippen molar-refractivity contribution in [3.05, 3.63) is 35.1 Å². The quantitative estimate of drug-likeness (QED) is 0.913. The van der Waals surface area contributed by atoms with Gasteiger partial charge in [-0.3, -0.25) is 0 Å². The molecule has 0 spiro atoms. The Hall–Kier alpha value is -1.82. The predicted octanol–water partition coefficient (Wildman–Crippen LogP) is 3.20. The summed E-state index contributed by atoms with van der Waals surface area (Å²) >= 11 is 3.58. The molecular weight excluding hydrogens is 320 g/mol. The number of para-hydroxylation sites is 2. The van der Waals surface area contributed by atoms with Crippen LogP contribution in [0.15, 0.2) is 35.1 Å². The average Bonchev–Trinajstić information content (AvgIpc) is 2.70. The van der Waals surface area contributed by atoms with Crippen molar-refractivity contribution in [3.63, 3.8) is 0 Å². The predicted molar refractivity (Wildman–Crippen MR) is 82.8 cm³/mol. The standard InChI is InChI=1S/C14H15BrN4O/c1-16-13-12(15)14(18-9-17-13)19-7-4-8-20-11-6-3-2-5-10(11)19/h2-3,5-6,9H,4,7-8H2,1H3,(H,16,17,18).